The van der Waals surface area contributed by atoms with Gasteiger partial charge in [-0.25, -0.2) is 0 Å². The Morgan fingerprint density at radius 2 is 0.650 bits per heavy atom. The van der Waals surface area contributed by atoms with Crippen LogP contribution < -0.4 is 0 Å². The Morgan fingerprint density at radius 3 is 0.983 bits per heavy atom. The van der Waals surface area contributed by atoms with Crippen molar-refractivity contribution in [1.82, 2.24) is 0 Å². The molecular weight excluding hydrogens is 741 g/mol. The van der Waals surface area contributed by atoms with E-state index in [-0.39, 0.29) is 19.3 Å². The van der Waals surface area contributed by atoms with Gasteiger partial charge in [-0.1, -0.05) is 238 Å². The second-order valence-electron chi connectivity index (χ2n) is 18.7. The Labute approximate surface area is 374 Å². The molecule has 0 aromatic carbocycles. The standard InChI is InChI=1S/C55H104O5/c1-4-7-10-13-16-19-22-25-28-30-33-36-39-42-45-48-51(56)53(58)54(59)55(60,50-47-44-41-38-35-32-27-24-21-18-15-12-9-6-3)52(57)49-46-43-40-37-34-31-29-26-23-20-17-14-11-8-5-2/h25-26,28-29,53-54,58-60H,4-24,27,30-50H2,1-3H3/b28-25-,29-26-. The number of hydrogen-bond donors (Lipinski definition) is 3. The van der Waals surface area contributed by atoms with E-state index in [0.29, 0.717) is 19.3 Å². The average molecular weight is 845 g/mol. The zero-order chi connectivity index (χ0) is 44.0. The van der Waals surface area contributed by atoms with Crippen molar-refractivity contribution in [2.24, 2.45) is 0 Å². The molecule has 0 fully saturated rings. The Kier molecular flexibility index (Phi) is 44.7. The molecule has 354 valence electrons. The van der Waals surface area contributed by atoms with Crippen molar-refractivity contribution in [2.75, 3.05) is 0 Å². The summed E-state index contributed by atoms with van der Waals surface area (Å²) in [5, 5.41) is 34.0. The SMILES string of the molecule is CCCCCCCC/C=C\CCCCCCCC(=O)C(O)C(O)C(O)(CCCCCCCCCCCCCCCC)C(=O)CCCCCCC/C=C\CCCCCCCC. The van der Waals surface area contributed by atoms with Crippen molar-refractivity contribution in [3.8, 4) is 0 Å². The van der Waals surface area contributed by atoms with Crippen molar-refractivity contribution in [1.29, 1.82) is 0 Å². The van der Waals surface area contributed by atoms with Crippen LogP contribution in [0.3, 0.4) is 0 Å². The second kappa shape index (κ2) is 45.7. The van der Waals surface area contributed by atoms with Crippen molar-refractivity contribution >= 4 is 11.6 Å². The first-order valence-corrected chi connectivity index (χ1v) is 26.8. The van der Waals surface area contributed by atoms with Gasteiger partial charge in [0.2, 0.25) is 0 Å². The van der Waals surface area contributed by atoms with Crippen LogP contribution in [-0.2, 0) is 9.59 Å². The van der Waals surface area contributed by atoms with Gasteiger partial charge >= 0.3 is 0 Å². The van der Waals surface area contributed by atoms with E-state index in [9.17, 15) is 24.9 Å². The van der Waals surface area contributed by atoms with E-state index >= 15 is 0 Å². The summed E-state index contributed by atoms with van der Waals surface area (Å²) in [4.78, 5) is 26.6. The zero-order valence-electron chi connectivity index (χ0n) is 40.5. The smallest absolute Gasteiger partial charge is 0.167 e. The highest BCUT2D eigenvalue weighted by molar-refractivity contribution is 5.90. The predicted octanol–water partition coefficient (Wildman–Crippen LogP) is 16.5. The third-order valence-corrected chi connectivity index (χ3v) is 12.9. The van der Waals surface area contributed by atoms with Gasteiger partial charge in [0.05, 0.1) is 0 Å². The molecule has 0 radical (unpaired) electrons. The molecule has 0 spiro atoms. The van der Waals surface area contributed by atoms with Gasteiger partial charge in [-0.2, -0.15) is 0 Å². The van der Waals surface area contributed by atoms with E-state index in [4.69, 9.17) is 0 Å². The molecule has 0 aliphatic carbocycles. The number of carbonyl (C=O) groups is 2. The van der Waals surface area contributed by atoms with E-state index in [1.165, 1.54) is 154 Å². The minimum Gasteiger partial charge on any atom is -0.386 e. The van der Waals surface area contributed by atoms with Crippen LogP contribution in [0.2, 0.25) is 0 Å². The van der Waals surface area contributed by atoms with E-state index in [1.807, 2.05) is 0 Å². The Morgan fingerprint density at radius 1 is 0.383 bits per heavy atom. The number of ketones is 2. The summed E-state index contributed by atoms with van der Waals surface area (Å²) in [5.74, 6) is -0.886. The number of aliphatic hydroxyl groups is 3. The van der Waals surface area contributed by atoms with Gasteiger partial charge in [-0.15, -0.1) is 0 Å². The van der Waals surface area contributed by atoms with Crippen LogP contribution in [0.15, 0.2) is 24.3 Å². The minimum absolute atomic E-state index is 0.0911. The average Bonchev–Trinajstić information content (AvgIpc) is 3.25. The number of hydrogen-bond acceptors (Lipinski definition) is 5. The fourth-order valence-corrected chi connectivity index (χ4v) is 8.57. The summed E-state index contributed by atoms with van der Waals surface area (Å²) in [6.45, 7) is 6.78. The second-order valence-corrected chi connectivity index (χ2v) is 18.7. The molecule has 0 saturated carbocycles. The molecule has 0 aromatic rings. The highest BCUT2D eigenvalue weighted by atomic mass is 16.4. The summed E-state index contributed by atoms with van der Waals surface area (Å²) in [6.07, 6.45) is 53.3. The highest BCUT2D eigenvalue weighted by Gasteiger charge is 2.46. The molecule has 3 unspecified atom stereocenters. The lowest BCUT2D eigenvalue weighted by molar-refractivity contribution is -0.168. The predicted molar refractivity (Wildman–Crippen MR) is 261 cm³/mol. The maximum absolute atomic E-state index is 13.6. The molecule has 5 heteroatoms. The largest absolute Gasteiger partial charge is 0.386 e. The lowest BCUT2D eigenvalue weighted by Crippen LogP contribution is -2.56. The van der Waals surface area contributed by atoms with E-state index in [0.717, 1.165) is 83.5 Å². The van der Waals surface area contributed by atoms with Gasteiger partial charge in [0.15, 0.2) is 17.2 Å². The summed E-state index contributed by atoms with van der Waals surface area (Å²) in [7, 11) is 0. The van der Waals surface area contributed by atoms with Gasteiger partial charge in [0.25, 0.3) is 0 Å². The maximum Gasteiger partial charge on any atom is 0.167 e. The van der Waals surface area contributed by atoms with Gasteiger partial charge in [-0.3, -0.25) is 9.59 Å². The van der Waals surface area contributed by atoms with Crippen molar-refractivity contribution in [3.05, 3.63) is 24.3 Å². The van der Waals surface area contributed by atoms with Crippen molar-refractivity contribution in [2.45, 2.75) is 315 Å². The van der Waals surface area contributed by atoms with Crippen molar-refractivity contribution in [3.63, 3.8) is 0 Å². The van der Waals surface area contributed by atoms with Gasteiger partial charge in [0.1, 0.15) is 12.2 Å². The van der Waals surface area contributed by atoms with Crippen LogP contribution in [0.1, 0.15) is 297 Å². The molecule has 60 heavy (non-hydrogen) atoms. The number of aliphatic hydroxyl groups excluding tert-OH is 2. The zero-order valence-corrected chi connectivity index (χ0v) is 40.5. The molecule has 0 heterocycles. The van der Waals surface area contributed by atoms with Crippen LogP contribution in [0.25, 0.3) is 0 Å². The first-order valence-electron chi connectivity index (χ1n) is 26.8. The monoisotopic (exact) mass is 845 g/mol. The lowest BCUT2D eigenvalue weighted by Gasteiger charge is -2.34. The third kappa shape index (κ3) is 36.2. The molecule has 3 N–H and O–H groups in total. The molecule has 0 aromatic heterocycles. The first kappa shape index (κ1) is 58.7. The van der Waals surface area contributed by atoms with Crippen LogP contribution in [-0.4, -0.2) is 44.7 Å². The molecule has 0 rings (SSSR count). The molecule has 5 nitrogen and oxygen atoms in total. The molecule has 3 atom stereocenters. The fourth-order valence-electron chi connectivity index (χ4n) is 8.57. The van der Waals surface area contributed by atoms with Crippen LogP contribution in [0.5, 0.6) is 0 Å². The van der Waals surface area contributed by atoms with Gasteiger partial charge in [-0.05, 0) is 70.6 Å². The highest BCUT2D eigenvalue weighted by Crippen LogP contribution is 2.28. The van der Waals surface area contributed by atoms with Crippen LogP contribution in [0, 0.1) is 0 Å². The Bertz CT molecular complexity index is 974. The molecule has 0 bridgehead atoms. The van der Waals surface area contributed by atoms with E-state index < -0.39 is 29.4 Å². The molecule has 0 amide bonds. The van der Waals surface area contributed by atoms with E-state index in [1.54, 1.807) is 0 Å². The summed E-state index contributed by atoms with van der Waals surface area (Å²) in [5.41, 5.74) is -2.09. The number of unbranched alkanes of at least 4 members (excludes halogenated alkanes) is 35. The summed E-state index contributed by atoms with van der Waals surface area (Å²) < 4.78 is 0. The van der Waals surface area contributed by atoms with Gasteiger partial charge in [0, 0.05) is 12.8 Å². The number of Topliss-reactive ketones (excluding diaryl/α,β-unsaturated/α-hetero) is 2. The molecule has 0 aliphatic heterocycles. The first-order chi connectivity index (χ1) is 29.3. The van der Waals surface area contributed by atoms with E-state index in [2.05, 4.69) is 45.1 Å². The Balaban J connectivity index is 4.66. The van der Waals surface area contributed by atoms with Crippen LogP contribution in [0.4, 0.5) is 0 Å². The molecule has 0 saturated heterocycles. The minimum atomic E-state index is -2.09. The molecular formula is C55H104O5. The lowest BCUT2D eigenvalue weighted by atomic mass is 9.80. The van der Waals surface area contributed by atoms with Crippen LogP contribution >= 0.6 is 0 Å². The topological polar surface area (TPSA) is 94.8 Å². The summed E-state index contributed by atoms with van der Waals surface area (Å²) in [6, 6.07) is 0. The quantitative estimate of drug-likeness (QED) is 0.0419. The normalized spacial score (nSPS) is 14.0. The summed E-state index contributed by atoms with van der Waals surface area (Å²) >= 11 is 0. The number of allylic oxidation sites excluding steroid dienone is 4. The maximum atomic E-state index is 13.6. The van der Waals surface area contributed by atoms with Gasteiger partial charge < -0.3 is 15.3 Å². The number of carbonyl (C=O) groups excluding carboxylic acids is 2. The molecule has 0 aliphatic rings. The van der Waals surface area contributed by atoms with Crippen molar-refractivity contribution < 1.29 is 24.9 Å². The Hall–Kier alpha value is -1.30. The fraction of sp³-hybridized carbons (Fsp3) is 0.891. The third-order valence-electron chi connectivity index (χ3n) is 12.9. The number of rotatable bonds is 49.